The van der Waals surface area contributed by atoms with Crippen molar-refractivity contribution in [3.8, 4) is 11.3 Å². The largest absolute Gasteiger partial charge is 0.352 e. The molecule has 0 aliphatic heterocycles. The molecule has 0 radical (unpaired) electrons. The summed E-state index contributed by atoms with van der Waals surface area (Å²) in [5, 5.41) is 3.65. The van der Waals surface area contributed by atoms with Crippen LogP contribution < -0.4 is 5.32 Å². The Bertz CT molecular complexity index is 874. The summed E-state index contributed by atoms with van der Waals surface area (Å²) in [5.41, 5.74) is 3.04. The van der Waals surface area contributed by atoms with Crippen molar-refractivity contribution in [2.24, 2.45) is 0 Å². The van der Waals surface area contributed by atoms with Crippen molar-refractivity contribution in [2.75, 3.05) is 6.54 Å². The third kappa shape index (κ3) is 3.72. The van der Waals surface area contributed by atoms with Gasteiger partial charge in [-0.05, 0) is 47.2 Å². The molecule has 124 valence electrons. The minimum Gasteiger partial charge on any atom is -0.352 e. The fourth-order valence-corrected chi connectivity index (χ4v) is 3.20. The lowest BCUT2D eigenvalue weighted by Gasteiger charge is -2.06. The van der Waals surface area contributed by atoms with Gasteiger partial charge in [-0.1, -0.05) is 37.1 Å². The Balaban J connectivity index is 2.00. The second kappa shape index (κ2) is 7.53. The predicted molar refractivity (Wildman–Crippen MR) is 106 cm³/mol. The maximum absolute atomic E-state index is 12.5. The van der Waals surface area contributed by atoms with E-state index in [9.17, 15) is 4.79 Å². The molecule has 0 aliphatic rings. The number of imidazole rings is 1. The van der Waals surface area contributed by atoms with Gasteiger partial charge in [-0.25, -0.2) is 4.98 Å². The molecule has 0 atom stereocenters. The summed E-state index contributed by atoms with van der Waals surface area (Å²) in [6, 6.07) is 9.40. The standard InChI is InChI=1S/C18H17ClIN3O/c1-2-3-8-21-18(24)15-9-14(20)10-23-11-16(22-17(15)23)12-4-6-13(19)7-5-12/h4-7,9-11H,2-3,8H2,1H3,(H,21,24). The van der Waals surface area contributed by atoms with Gasteiger partial charge in [-0.2, -0.15) is 0 Å². The van der Waals surface area contributed by atoms with E-state index in [4.69, 9.17) is 11.6 Å². The molecule has 0 saturated heterocycles. The zero-order valence-corrected chi connectivity index (χ0v) is 16.1. The van der Waals surface area contributed by atoms with E-state index < -0.39 is 0 Å². The highest BCUT2D eigenvalue weighted by Gasteiger charge is 2.15. The van der Waals surface area contributed by atoms with Crippen LogP contribution in [0.4, 0.5) is 0 Å². The monoisotopic (exact) mass is 453 g/mol. The lowest BCUT2D eigenvalue weighted by Crippen LogP contribution is -2.25. The van der Waals surface area contributed by atoms with Gasteiger partial charge in [0.1, 0.15) is 5.65 Å². The first-order valence-electron chi connectivity index (χ1n) is 7.81. The van der Waals surface area contributed by atoms with E-state index in [1.54, 1.807) is 0 Å². The maximum atomic E-state index is 12.5. The Morgan fingerprint density at radius 2 is 2.04 bits per heavy atom. The van der Waals surface area contributed by atoms with Gasteiger partial charge in [0.15, 0.2) is 0 Å². The summed E-state index contributed by atoms with van der Waals surface area (Å²) in [6.45, 7) is 2.78. The summed E-state index contributed by atoms with van der Waals surface area (Å²) < 4.78 is 2.89. The van der Waals surface area contributed by atoms with Crippen LogP contribution in [-0.4, -0.2) is 21.8 Å². The summed E-state index contributed by atoms with van der Waals surface area (Å²) >= 11 is 8.16. The van der Waals surface area contributed by atoms with E-state index in [0.29, 0.717) is 22.8 Å². The number of pyridine rings is 1. The number of nitrogens with one attached hydrogen (secondary N) is 1. The van der Waals surface area contributed by atoms with Crippen LogP contribution in [-0.2, 0) is 0 Å². The number of nitrogens with zero attached hydrogens (tertiary/aromatic N) is 2. The molecule has 2 aromatic heterocycles. The molecule has 0 fully saturated rings. The molecule has 3 rings (SSSR count). The Morgan fingerprint density at radius 1 is 1.29 bits per heavy atom. The lowest BCUT2D eigenvalue weighted by molar-refractivity contribution is 0.0954. The van der Waals surface area contributed by atoms with Gasteiger partial charge >= 0.3 is 0 Å². The van der Waals surface area contributed by atoms with Gasteiger partial charge in [0.2, 0.25) is 0 Å². The zero-order chi connectivity index (χ0) is 17.1. The average Bonchev–Trinajstić information content (AvgIpc) is 2.98. The van der Waals surface area contributed by atoms with E-state index in [2.05, 4.69) is 39.8 Å². The summed E-state index contributed by atoms with van der Waals surface area (Å²) in [6.07, 6.45) is 5.91. The molecule has 0 bridgehead atoms. The fraction of sp³-hybridized carbons (Fsp3) is 0.222. The number of carbonyl (C=O) groups excluding carboxylic acids is 1. The Labute approximate surface area is 159 Å². The number of unbranched alkanes of at least 4 members (excludes halogenated alkanes) is 1. The van der Waals surface area contributed by atoms with E-state index in [1.165, 1.54) is 0 Å². The van der Waals surface area contributed by atoms with E-state index in [0.717, 1.165) is 27.7 Å². The van der Waals surface area contributed by atoms with Crippen molar-refractivity contribution < 1.29 is 4.79 Å². The number of hydrogen-bond donors (Lipinski definition) is 1. The van der Waals surface area contributed by atoms with Crippen molar-refractivity contribution >= 4 is 45.7 Å². The van der Waals surface area contributed by atoms with E-state index >= 15 is 0 Å². The van der Waals surface area contributed by atoms with Crippen LogP contribution in [0.3, 0.4) is 0 Å². The van der Waals surface area contributed by atoms with Crippen molar-refractivity contribution in [1.29, 1.82) is 0 Å². The number of benzene rings is 1. The minimum atomic E-state index is -0.0831. The van der Waals surface area contributed by atoms with Gasteiger partial charge in [-0.3, -0.25) is 4.79 Å². The third-order valence-electron chi connectivity index (χ3n) is 3.72. The zero-order valence-electron chi connectivity index (χ0n) is 13.2. The molecular weight excluding hydrogens is 437 g/mol. The number of rotatable bonds is 5. The molecule has 1 aromatic carbocycles. The molecule has 3 aromatic rings. The van der Waals surface area contributed by atoms with Crippen molar-refractivity contribution in [2.45, 2.75) is 19.8 Å². The lowest BCUT2D eigenvalue weighted by atomic mass is 10.2. The SMILES string of the molecule is CCCCNC(=O)c1cc(I)cn2cc(-c3ccc(Cl)cc3)nc12. The van der Waals surface area contributed by atoms with Crippen LogP contribution in [0, 0.1) is 3.57 Å². The number of fused-ring (bicyclic) bond motifs is 1. The van der Waals surface area contributed by atoms with Crippen molar-refractivity contribution in [1.82, 2.24) is 14.7 Å². The van der Waals surface area contributed by atoms with Gasteiger partial charge in [0, 0.05) is 33.1 Å². The summed E-state index contributed by atoms with van der Waals surface area (Å²) in [7, 11) is 0. The molecule has 24 heavy (non-hydrogen) atoms. The molecule has 6 heteroatoms. The first kappa shape index (κ1) is 17.2. The molecule has 4 nitrogen and oxygen atoms in total. The quantitative estimate of drug-likeness (QED) is 0.446. The third-order valence-corrected chi connectivity index (χ3v) is 4.56. The Hall–Kier alpha value is -1.60. The smallest absolute Gasteiger partial charge is 0.255 e. The second-order valence-electron chi connectivity index (χ2n) is 5.55. The van der Waals surface area contributed by atoms with Crippen LogP contribution in [0.1, 0.15) is 30.1 Å². The van der Waals surface area contributed by atoms with E-state index in [-0.39, 0.29) is 5.91 Å². The molecular formula is C18H17ClIN3O. The molecule has 0 spiro atoms. The maximum Gasteiger partial charge on any atom is 0.255 e. The van der Waals surface area contributed by atoms with Gasteiger partial charge < -0.3 is 9.72 Å². The van der Waals surface area contributed by atoms with Crippen LogP contribution >= 0.6 is 34.2 Å². The highest BCUT2D eigenvalue weighted by molar-refractivity contribution is 14.1. The topological polar surface area (TPSA) is 46.4 Å². The normalized spacial score (nSPS) is 11.0. The second-order valence-corrected chi connectivity index (χ2v) is 7.23. The summed E-state index contributed by atoms with van der Waals surface area (Å²) in [4.78, 5) is 17.1. The fourth-order valence-electron chi connectivity index (χ4n) is 2.46. The molecule has 2 heterocycles. The predicted octanol–water partition coefficient (Wildman–Crippen LogP) is 4.79. The molecule has 0 saturated carbocycles. The first-order valence-corrected chi connectivity index (χ1v) is 9.26. The van der Waals surface area contributed by atoms with Gasteiger partial charge in [0.25, 0.3) is 5.91 Å². The number of halogens is 2. The summed E-state index contributed by atoms with van der Waals surface area (Å²) in [5.74, 6) is -0.0831. The first-order chi connectivity index (χ1) is 11.6. The average molecular weight is 454 g/mol. The van der Waals surface area contributed by atoms with Crippen LogP contribution in [0.15, 0.2) is 42.7 Å². The highest BCUT2D eigenvalue weighted by atomic mass is 127. The van der Waals surface area contributed by atoms with Crippen LogP contribution in [0.5, 0.6) is 0 Å². The molecule has 1 amide bonds. The van der Waals surface area contributed by atoms with E-state index in [1.807, 2.05) is 47.1 Å². The minimum absolute atomic E-state index is 0.0831. The number of aromatic nitrogens is 2. The number of amides is 1. The Morgan fingerprint density at radius 3 is 2.75 bits per heavy atom. The Kier molecular flexibility index (Phi) is 5.40. The molecule has 1 N–H and O–H groups in total. The van der Waals surface area contributed by atoms with Gasteiger partial charge in [0.05, 0.1) is 11.3 Å². The highest BCUT2D eigenvalue weighted by Crippen LogP contribution is 2.23. The molecule has 0 unspecified atom stereocenters. The van der Waals surface area contributed by atoms with Crippen LogP contribution in [0.2, 0.25) is 5.02 Å². The number of hydrogen-bond acceptors (Lipinski definition) is 2. The number of carbonyl (C=O) groups is 1. The van der Waals surface area contributed by atoms with Crippen LogP contribution in [0.25, 0.3) is 16.9 Å². The van der Waals surface area contributed by atoms with Crippen molar-refractivity contribution in [3.63, 3.8) is 0 Å². The van der Waals surface area contributed by atoms with Crippen molar-refractivity contribution in [3.05, 3.63) is 56.9 Å². The van der Waals surface area contributed by atoms with Gasteiger partial charge in [-0.15, -0.1) is 0 Å². The molecule has 0 aliphatic carbocycles.